The lowest BCUT2D eigenvalue weighted by Gasteiger charge is -2.05. The highest BCUT2D eigenvalue weighted by atomic mass is 32.2. The van der Waals surface area contributed by atoms with Crippen molar-refractivity contribution < 1.29 is 4.79 Å². The van der Waals surface area contributed by atoms with E-state index in [9.17, 15) is 4.79 Å². The Morgan fingerprint density at radius 1 is 1.57 bits per heavy atom. The zero-order valence-electron chi connectivity index (χ0n) is 8.08. The molecule has 2 rings (SSSR count). The molecule has 2 aliphatic rings. The van der Waals surface area contributed by atoms with Gasteiger partial charge in [0.2, 0.25) is 5.91 Å². The van der Waals surface area contributed by atoms with Gasteiger partial charge in [-0.2, -0.15) is 0 Å². The van der Waals surface area contributed by atoms with Crippen LogP contribution in [0, 0.1) is 0 Å². The molecule has 14 heavy (non-hydrogen) atoms. The van der Waals surface area contributed by atoms with E-state index in [4.69, 9.17) is 0 Å². The summed E-state index contributed by atoms with van der Waals surface area (Å²) in [6.45, 7) is 1.60. The van der Waals surface area contributed by atoms with Crippen molar-refractivity contribution in [2.75, 3.05) is 18.8 Å². The Labute approximate surface area is 87.9 Å². The topological polar surface area (TPSA) is 53.5 Å². The standard InChI is InChI=1S/C9H15N3OS/c13-8(12-7-1-2-7)3-4-10-9-11-5-6-14-9/h7H,1-6H2,(H,10,11)(H,12,13). The molecular weight excluding hydrogens is 198 g/mol. The van der Waals surface area contributed by atoms with Gasteiger partial charge in [0.25, 0.3) is 0 Å². The van der Waals surface area contributed by atoms with Crippen LogP contribution >= 0.6 is 11.8 Å². The minimum Gasteiger partial charge on any atom is -0.364 e. The normalized spacial score (nSPS) is 20.4. The second-order valence-corrected chi connectivity index (χ2v) is 4.64. The number of thioether (sulfide) groups is 1. The summed E-state index contributed by atoms with van der Waals surface area (Å²) in [5.41, 5.74) is 0. The first-order chi connectivity index (χ1) is 6.84. The van der Waals surface area contributed by atoms with Gasteiger partial charge >= 0.3 is 0 Å². The summed E-state index contributed by atoms with van der Waals surface area (Å²) in [6.07, 6.45) is 2.86. The maximum atomic E-state index is 11.3. The molecule has 1 fully saturated rings. The van der Waals surface area contributed by atoms with Crippen molar-refractivity contribution in [3.05, 3.63) is 0 Å². The van der Waals surface area contributed by atoms with Crippen LogP contribution in [0.25, 0.3) is 0 Å². The lowest BCUT2D eigenvalue weighted by molar-refractivity contribution is -0.121. The maximum Gasteiger partial charge on any atom is 0.221 e. The SMILES string of the molecule is O=C(CCNC1=NCCS1)NC1CC1. The molecule has 0 unspecified atom stereocenters. The first kappa shape index (κ1) is 9.83. The monoisotopic (exact) mass is 213 g/mol. The van der Waals surface area contributed by atoms with Crippen LogP contribution < -0.4 is 10.6 Å². The van der Waals surface area contributed by atoms with E-state index in [0.29, 0.717) is 19.0 Å². The number of hydrogen-bond donors (Lipinski definition) is 2. The fourth-order valence-corrected chi connectivity index (χ4v) is 2.02. The van der Waals surface area contributed by atoms with Crippen molar-refractivity contribution in [1.82, 2.24) is 10.6 Å². The van der Waals surface area contributed by atoms with E-state index >= 15 is 0 Å². The van der Waals surface area contributed by atoms with Gasteiger partial charge in [0.05, 0.1) is 6.54 Å². The summed E-state index contributed by atoms with van der Waals surface area (Å²) in [5.74, 6) is 1.22. The summed E-state index contributed by atoms with van der Waals surface area (Å²) >= 11 is 1.73. The minimum atomic E-state index is 0.156. The van der Waals surface area contributed by atoms with E-state index in [-0.39, 0.29) is 5.91 Å². The molecule has 1 heterocycles. The van der Waals surface area contributed by atoms with Crippen molar-refractivity contribution in [2.24, 2.45) is 4.99 Å². The highest BCUT2D eigenvalue weighted by molar-refractivity contribution is 8.14. The Kier molecular flexibility index (Phi) is 3.29. The summed E-state index contributed by atoms with van der Waals surface area (Å²) in [5, 5.41) is 7.10. The predicted octanol–water partition coefficient (Wildman–Crippen LogP) is 0.347. The van der Waals surface area contributed by atoms with Crippen LogP contribution in [-0.4, -0.2) is 36.0 Å². The van der Waals surface area contributed by atoms with E-state index in [1.54, 1.807) is 11.8 Å². The van der Waals surface area contributed by atoms with E-state index in [1.807, 2.05) is 0 Å². The molecule has 1 amide bonds. The fraction of sp³-hybridized carbons (Fsp3) is 0.778. The van der Waals surface area contributed by atoms with Gasteiger partial charge < -0.3 is 10.6 Å². The molecule has 0 atom stereocenters. The van der Waals surface area contributed by atoms with Crippen molar-refractivity contribution in [3.8, 4) is 0 Å². The number of nitrogens with one attached hydrogen (secondary N) is 2. The van der Waals surface area contributed by atoms with Crippen molar-refractivity contribution in [2.45, 2.75) is 25.3 Å². The van der Waals surface area contributed by atoms with Crippen LogP contribution in [0.5, 0.6) is 0 Å². The fourth-order valence-electron chi connectivity index (χ4n) is 1.25. The number of nitrogens with zero attached hydrogens (tertiary/aromatic N) is 1. The molecule has 4 nitrogen and oxygen atoms in total. The molecule has 0 bridgehead atoms. The number of amidine groups is 1. The van der Waals surface area contributed by atoms with Crippen LogP contribution in [0.3, 0.4) is 0 Å². The van der Waals surface area contributed by atoms with Crippen molar-refractivity contribution >= 4 is 22.8 Å². The third-order valence-electron chi connectivity index (χ3n) is 2.16. The molecule has 2 N–H and O–H groups in total. The number of rotatable bonds is 4. The molecule has 0 aromatic heterocycles. The average Bonchev–Trinajstić information content (AvgIpc) is 2.82. The zero-order chi connectivity index (χ0) is 9.80. The summed E-state index contributed by atoms with van der Waals surface area (Å²) in [7, 11) is 0. The van der Waals surface area contributed by atoms with Gasteiger partial charge in [-0.3, -0.25) is 9.79 Å². The van der Waals surface area contributed by atoms with Crippen LogP contribution in [0.15, 0.2) is 4.99 Å². The van der Waals surface area contributed by atoms with Crippen LogP contribution in [0.2, 0.25) is 0 Å². The number of hydrogen-bond acceptors (Lipinski definition) is 4. The average molecular weight is 213 g/mol. The maximum absolute atomic E-state index is 11.3. The van der Waals surface area contributed by atoms with Gasteiger partial charge in [0.1, 0.15) is 0 Å². The molecule has 0 radical (unpaired) electrons. The lowest BCUT2D eigenvalue weighted by atomic mass is 10.4. The Hall–Kier alpha value is -0.710. The van der Waals surface area contributed by atoms with Gasteiger partial charge in [0.15, 0.2) is 5.17 Å². The third kappa shape index (κ3) is 3.21. The Morgan fingerprint density at radius 3 is 3.07 bits per heavy atom. The van der Waals surface area contributed by atoms with Crippen LogP contribution in [0.1, 0.15) is 19.3 Å². The highest BCUT2D eigenvalue weighted by Crippen LogP contribution is 2.18. The Bertz CT molecular complexity index is 250. The Balaban J connectivity index is 1.54. The predicted molar refractivity (Wildman–Crippen MR) is 58.5 cm³/mol. The van der Waals surface area contributed by atoms with E-state index < -0.39 is 0 Å². The largest absolute Gasteiger partial charge is 0.364 e. The zero-order valence-corrected chi connectivity index (χ0v) is 8.90. The molecular formula is C9H15N3OS. The first-order valence-electron chi connectivity index (χ1n) is 5.05. The molecule has 1 saturated carbocycles. The van der Waals surface area contributed by atoms with Gasteiger partial charge in [-0.05, 0) is 12.8 Å². The van der Waals surface area contributed by atoms with E-state index in [2.05, 4.69) is 15.6 Å². The van der Waals surface area contributed by atoms with Gasteiger partial charge in [-0.25, -0.2) is 0 Å². The van der Waals surface area contributed by atoms with Gasteiger partial charge in [0, 0.05) is 24.8 Å². The number of amides is 1. The van der Waals surface area contributed by atoms with Crippen LogP contribution in [0.4, 0.5) is 0 Å². The lowest BCUT2D eigenvalue weighted by Crippen LogP contribution is -2.30. The van der Waals surface area contributed by atoms with Gasteiger partial charge in [-0.15, -0.1) is 0 Å². The molecule has 78 valence electrons. The molecule has 5 heteroatoms. The number of aliphatic imine (C=N–C) groups is 1. The number of carbonyl (C=O) groups excluding carboxylic acids is 1. The molecule has 1 aliphatic carbocycles. The molecule has 0 spiro atoms. The molecule has 0 saturated heterocycles. The highest BCUT2D eigenvalue weighted by Gasteiger charge is 2.22. The quantitative estimate of drug-likeness (QED) is 0.708. The van der Waals surface area contributed by atoms with E-state index in [1.165, 1.54) is 0 Å². The van der Waals surface area contributed by atoms with Crippen molar-refractivity contribution in [1.29, 1.82) is 0 Å². The second-order valence-electron chi connectivity index (χ2n) is 3.55. The Morgan fingerprint density at radius 2 is 2.43 bits per heavy atom. The van der Waals surface area contributed by atoms with Crippen LogP contribution in [-0.2, 0) is 4.79 Å². The summed E-state index contributed by atoms with van der Waals surface area (Å²) < 4.78 is 0. The smallest absolute Gasteiger partial charge is 0.221 e. The minimum absolute atomic E-state index is 0.156. The summed E-state index contributed by atoms with van der Waals surface area (Å²) in [6, 6.07) is 0.473. The van der Waals surface area contributed by atoms with Gasteiger partial charge in [-0.1, -0.05) is 11.8 Å². The van der Waals surface area contributed by atoms with Crippen molar-refractivity contribution in [3.63, 3.8) is 0 Å². The third-order valence-corrected chi connectivity index (χ3v) is 3.09. The molecule has 0 aromatic rings. The van der Waals surface area contributed by atoms with E-state index in [0.717, 1.165) is 30.3 Å². The molecule has 0 aromatic carbocycles. The first-order valence-corrected chi connectivity index (χ1v) is 6.03. The summed E-state index contributed by atoms with van der Waals surface area (Å²) in [4.78, 5) is 15.5. The molecule has 1 aliphatic heterocycles. The number of carbonyl (C=O) groups is 1. The second kappa shape index (κ2) is 4.68.